The smallest absolute Gasteiger partial charge is 0.278 e. The second-order valence-corrected chi connectivity index (χ2v) is 9.82. The number of rotatable bonds is 8. The predicted molar refractivity (Wildman–Crippen MR) is 118 cm³/mol. The fraction of sp³-hybridized carbons (Fsp3) is 0.435. The van der Waals surface area contributed by atoms with E-state index in [9.17, 15) is 13.2 Å². The molecule has 1 amide bonds. The van der Waals surface area contributed by atoms with Gasteiger partial charge < -0.3 is 10.2 Å². The zero-order valence-corrected chi connectivity index (χ0v) is 18.6. The molecule has 1 heterocycles. The summed E-state index contributed by atoms with van der Waals surface area (Å²) in [6, 6.07) is 16.8. The molecule has 162 valence electrons. The van der Waals surface area contributed by atoms with Gasteiger partial charge >= 0.3 is 0 Å². The Hall–Kier alpha value is -2.22. The van der Waals surface area contributed by atoms with Crippen LogP contribution in [-0.2, 0) is 27.8 Å². The van der Waals surface area contributed by atoms with E-state index in [2.05, 4.69) is 12.2 Å². The van der Waals surface area contributed by atoms with E-state index in [0.29, 0.717) is 37.6 Å². The molecular formula is C23H32N3O3S+. The van der Waals surface area contributed by atoms with Crippen molar-refractivity contribution in [2.45, 2.75) is 44.2 Å². The maximum Gasteiger partial charge on any atom is 0.278 e. The molecule has 0 radical (unpaired) electrons. The molecule has 0 aliphatic carbocycles. The Morgan fingerprint density at radius 2 is 1.67 bits per heavy atom. The first-order chi connectivity index (χ1) is 14.4. The molecule has 7 heteroatoms. The molecule has 1 saturated heterocycles. The summed E-state index contributed by atoms with van der Waals surface area (Å²) in [4.78, 5) is 14.0. The van der Waals surface area contributed by atoms with Crippen LogP contribution < -0.4 is 10.2 Å². The van der Waals surface area contributed by atoms with Crippen molar-refractivity contribution in [3.8, 4) is 0 Å². The summed E-state index contributed by atoms with van der Waals surface area (Å²) in [5.41, 5.74) is 2.22. The second-order valence-electron chi connectivity index (χ2n) is 7.88. The zero-order chi connectivity index (χ0) is 21.6. The Balaban J connectivity index is 1.53. The number of nitrogens with one attached hydrogen (secondary N) is 2. The SMILES string of the molecule is CCCc1ccc(S(=O)(=O)N2CC[NH+]([C@H](C)C(=O)NCc3ccccc3)CC2)cc1. The third kappa shape index (κ3) is 5.47. The average Bonchev–Trinajstić information content (AvgIpc) is 2.78. The quantitative estimate of drug-likeness (QED) is 0.662. The number of carbonyl (C=O) groups is 1. The maximum atomic E-state index is 13.0. The monoisotopic (exact) mass is 430 g/mol. The van der Waals surface area contributed by atoms with Crippen LogP contribution in [0.15, 0.2) is 59.5 Å². The van der Waals surface area contributed by atoms with Crippen LogP contribution in [0.4, 0.5) is 0 Å². The van der Waals surface area contributed by atoms with Gasteiger partial charge in [0.15, 0.2) is 6.04 Å². The molecule has 1 aliphatic heterocycles. The summed E-state index contributed by atoms with van der Waals surface area (Å²) in [5.74, 6) is -0.00308. The molecule has 1 fully saturated rings. The number of quaternary nitrogens is 1. The van der Waals surface area contributed by atoms with E-state index >= 15 is 0 Å². The van der Waals surface area contributed by atoms with Gasteiger partial charge in [-0.05, 0) is 36.6 Å². The van der Waals surface area contributed by atoms with Gasteiger partial charge in [-0.1, -0.05) is 55.8 Å². The molecule has 1 aliphatic rings. The highest BCUT2D eigenvalue weighted by molar-refractivity contribution is 7.89. The van der Waals surface area contributed by atoms with Crippen molar-refractivity contribution >= 4 is 15.9 Å². The van der Waals surface area contributed by atoms with E-state index in [1.807, 2.05) is 49.4 Å². The number of amides is 1. The lowest BCUT2D eigenvalue weighted by molar-refractivity contribution is -0.917. The fourth-order valence-corrected chi connectivity index (χ4v) is 5.28. The molecule has 2 aromatic rings. The number of sulfonamides is 1. The number of nitrogens with zero attached hydrogens (tertiary/aromatic N) is 1. The average molecular weight is 431 g/mol. The number of benzene rings is 2. The molecule has 0 unspecified atom stereocenters. The molecule has 30 heavy (non-hydrogen) atoms. The van der Waals surface area contributed by atoms with Crippen molar-refractivity contribution in [2.24, 2.45) is 0 Å². The minimum Gasteiger partial charge on any atom is -0.347 e. The molecule has 3 rings (SSSR count). The summed E-state index contributed by atoms with van der Waals surface area (Å²) in [6.45, 7) is 6.60. The molecule has 0 aromatic heterocycles. The van der Waals surface area contributed by atoms with Crippen molar-refractivity contribution in [3.63, 3.8) is 0 Å². The number of aryl methyl sites for hydroxylation is 1. The van der Waals surface area contributed by atoms with Gasteiger partial charge in [-0.15, -0.1) is 0 Å². The van der Waals surface area contributed by atoms with Gasteiger partial charge in [-0.2, -0.15) is 4.31 Å². The van der Waals surface area contributed by atoms with Crippen molar-refractivity contribution < 1.29 is 18.1 Å². The highest BCUT2D eigenvalue weighted by atomic mass is 32.2. The Morgan fingerprint density at radius 3 is 2.27 bits per heavy atom. The lowest BCUT2D eigenvalue weighted by atomic mass is 10.1. The zero-order valence-electron chi connectivity index (χ0n) is 17.8. The largest absolute Gasteiger partial charge is 0.347 e. The normalized spacial score (nSPS) is 16.9. The van der Waals surface area contributed by atoms with Crippen LogP contribution >= 0.6 is 0 Å². The predicted octanol–water partition coefficient (Wildman–Crippen LogP) is 1.23. The summed E-state index contributed by atoms with van der Waals surface area (Å²) in [5, 5.41) is 2.99. The first-order valence-corrected chi connectivity index (χ1v) is 12.1. The van der Waals surface area contributed by atoms with Gasteiger partial charge in [0, 0.05) is 6.54 Å². The van der Waals surface area contributed by atoms with Gasteiger partial charge in [0.1, 0.15) is 0 Å². The first-order valence-electron chi connectivity index (χ1n) is 10.7. The summed E-state index contributed by atoms with van der Waals surface area (Å²) in [7, 11) is -3.49. The number of piperazine rings is 1. The number of carbonyl (C=O) groups excluding carboxylic acids is 1. The van der Waals surface area contributed by atoms with Crippen molar-refractivity contribution in [2.75, 3.05) is 26.2 Å². The third-order valence-electron chi connectivity index (χ3n) is 5.78. The highest BCUT2D eigenvalue weighted by Gasteiger charge is 2.34. The Kier molecular flexibility index (Phi) is 7.64. The van der Waals surface area contributed by atoms with Crippen molar-refractivity contribution in [1.82, 2.24) is 9.62 Å². The topological polar surface area (TPSA) is 70.9 Å². The summed E-state index contributed by atoms with van der Waals surface area (Å²) in [6.07, 6.45) is 1.99. The van der Waals surface area contributed by atoms with Crippen LogP contribution in [0.5, 0.6) is 0 Å². The van der Waals surface area contributed by atoms with Crippen LogP contribution in [0, 0.1) is 0 Å². The lowest BCUT2D eigenvalue weighted by Crippen LogP contribution is -3.19. The van der Waals surface area contributed by atoms with Crippen molar-refractivity contribution in [1.29, 1.82) is 0 Å². The van der Waals surface area contributed by atoms with E-state index in [-0.39, 0.29) is 11.9 Å². The van der Waals surface area contributed by atoms with Gasteiger partial charge in [-0.25, -0.2) is 8.42 Å². The Labute approximate surface area is 179 Å². The minimum absolute atomic E-state index is 0.00308. The van der Waals surface area contributed by atoms with E-state index in [4.69, 9.17) is 0 Å². The van der Waals surface area contributed by atoms with E-state index in [1.54, 1.807) is 16.4 Å². The molecule has 2 N–H and O–H groups in total. The maximum absolute atomic E-state index is 13.0. The van der Waals surface area contributed by atoms with Crippen LogP contribution in [-0.4, -0.2) is 50.9 Å². The Bertz CT molecular complexity index is 922. The van der Waals surface area contributed by atoms with Crippen LogP contribution in [0.25, 0.3) is 0 Å². The van der Waals surface area contributed by atoms with Crippen LogP contribution in [0.2, 0.25) is 0 Å². The second kappa shape index (κ2) is 10.2. The van der Waals surface area contributed by atoms with E-state index < -0.39 is 10.0 Å². The molecule has 0 bridgehead atoms. The Morgan fingerprint density at radius 1 is 1.03 bits per heavy atom. The first kappa shape index (κ1) is 22.5. The lowest BCUT2D eigenvalue weighted by Gasteiger charge is -2.34. The van der Waals surface area contributed by atoms with Gasteiger partial charge in [-0.3, -0.25) is 4.79 Å². The van der Waals surface area contributed by atoms with E-state index in [0.717, 1.165) is 28.9 Å². The highest BCUT2D eigenvalue weighted by Crippen LogP contribution is 2.17. The molecular weight excluding hydrogens is 398 g/mol. The third-order valence-corrected chi connectivity index (χ3v) is 7.69. The molecule has 0 spiro atoms. The molecule has 1 atom stereocenters. The minimum atomic E-state index is -3.49. The fourth-order valence-electron chi connectivity index (χ4n) is 3.84. The van der Waals surface area contributed by atoms with Crippen LogP contribution in [0.3, 0.4) is 0 Å². The van der Waals surface area contributed by atoms with Gasteiger partial charge in [0.05, 0.1) is 31.1 Å². The molecule has 2 aromatic carbocycles. The standard InChI is InChI=1S/C23H31N3O3S/c1-3-7-20-10-12-22(13-11-20)30(28,29)26-16-14-25(15-17-26)19(2)23(27)24-18-21-8-5-4-6-9-21/h4-6,8-13,19H,3,7,14-18H2,1-2H3,(H,24,27)/p+1/t19-/m1/s1. The van der Waals surface area contributed by atoms with Gasteiger partial charge in [0.25, 0.3) is 5.91 Å². The number of hydrogen-bond donors (Lipinski definition) is 2. The molecule has 0 saturated carbocycles. The van der Waals surface area contributed by atoms with E-state index in [1.165, 1.54) is 0 Å². The summed E-state index contributed by atoms with van der Waals surface area (Å²) < 4.78 is 27.5. The van der Waals surface area contributed by atoms with Crippen LogP contribution in [0.1, 0.15) is 31.4 Å². The molecule has 6 nitrogen and oxygen atoms in total. The van der Waals surface area contributed by atoms with Gasteiger partial charge in [0.2, 0.25) is 10.0 Å². The summed E-state index contributed by atoms with van der Waals surface area (Å²) >= 11 is 0. The number of hydrogen-bond acceptors (Lipinski definition) is 3. The van der Waals surface area contributed by atoms with Crippen molar-refractivity contribution in [3.05, 3.63) is 65.7 Å².